The maximum Gasteiger partial charge on any atom is 0.472 e. The van der Waals surface area contributed by atoms with E-state index in [9.17, 15) is 43.2 Å². The molecule has 0 fully saturated rings. The molecule has 0 aliphatic heterocycles. The number of hydrogen-bond donors (Lipinski definition) is 3. The van der Waals surface area contributed by atoms with Crippen molar-refractivity contribution < 1.29 is 80.2 Å². The molecule has 19 heteroatoms. The van der Waals surface area contributed by atoms with Crippen molar-refractivity contribution in [1.29, 1.82) is 0 Å². The second kappa shape index (κ2) is 84.5. The minimum atomic E-state index is -4.97. The van der Waals surface area contributed by atoms with Gasteiger partial charge in [-0.05, 0) is 51.4 Å². The first-order valence-corrected chi connectivity index (χ1v) is 49.6. The maximum atomic E-state index is 13.2. The largest absolute Gasteiger partial charge is 0.472 e. The maximum absolute atomic E-state index is 13.2. The first kappa shape index (κ1) is 108. The molecule has 0 rings (SSSR count). The molecular formula is C91H174O17P2. The third kappa shape index (κ3) is 83.5. The van der Waals surface area contributed by atoms with E-state index in [1.165, 1.54) is 295 Å². The Bertz CT molecular complexity index is 2160. The summed E-state index contributed by atoms with van der Waals surface area (Å²) in [6.07, 6.45) is 84.2. The number of aliphatic hydroxyl groups is 1. The van der Waals surface area contributed by atoms with E-state index < -0.39 is 97.5 Å². The SMILES string of the molecule is CCCCCC/C=C\C=C/CCCCCCCC(=O)O[C@H](COC(=O)CCCCCCCCCCCCCCC)COP(=O)(O)OC[C@H](O)COP(=O)(O)OC[C@@H](COC(=O)CCCCCCCCCCCCCCCCCCCCCCC)OC(=O)CCCCCCCCCCCCCCCCCCCCCCC. The van der Waals surface area contributed by atoms with Crippen LogP contribution in [0.5, 0.6) is 0 Å². The van der Waals surface area contributed by atoms with Crippen LogP contribution in [-0.4, -0.2) is 96.7 Å². The van der Waals surface area contributed by atoms with Gasteiger partial charge in [-0.15, -0.1) is 0 Å². The van der Waals surface area contributed by atoms with Gasteiger partial charge in [0.25, 0.3) is 0 Å². The second-order valence-electron chi connectivity index (χ2n) is 32.0. The van der Waals surface area contributed by atoms with E-state index in [0.717, 1.165) is 103 Å². The normalized spacial score (nSPS) is 13.8. The molecule has 0 spiro atoms. The first-order valence-electron chi connectivity index (χ1n) is 46.6. The van der Waals surface area contributed by atoms with E-state index in [2.05, 4.69) is 52.0 Å². The summed E-state index contributed by atoms with van der Waals surface area (Å²) in [5.41, 5.74) is 0. The Hall–Kier alpha value is -2.46. The molecule has 0 radical (unpaired) electrons. The number of aliphatic hydroxyl groups excluding tert-OH is 1. The van der Waals surface area contributed by atoms with Gasteiger partial charge in [-0.25, -0.2) is 9.13 Å². The number of hydrogen-bond acceptors (Lipinski definition) is 15. The number of unbranched alkanes of at least 4 members (excludes halogenated alkanes) is 61. The number of phosphoric ester groups is 2. The highest BCUT2D eigenvalue weighted by atomic mass is 31.2. The van der Waals surface area contributed by atoms with Crippen molar-refractivity contribution >= 4 is 39.5 Å². The van der Waals surface area contributed by atoms with Gasteiger partial charge in [0.2, 0.25) is 0 Å². The van der Waals surface area contributed by atoms with E-state index in [4.69, 9.17) is 37.0 Å². The van der Waals surface area contributed by atoms with Crippen LogP contribution in [0, 0.1) is 0 Å². The summed E-state index contributed by atoms with van der Waals surface area (Å²) in [5, 5.41) is 10.7. The molecular weight excluding hydrogens is 1430 g/mol. The Balaban J connectivity index is 5.27. The molecule has 0 heterocycles. The fourth-order valence-electron chi connectivity index (χ4n) is 13.9. The Morgan fingerprint density at radius 1 is 0.255 bits per heavy atom. The number of carbonyl (C=O) groups excluding carboxylic acids is 4. The van der Waals surface area contributed by atoms with Crippen LogP contribution < -0.4 is 0 Å². The van der Waals surface area contributed by atoms with Crippen molar-refractivity contribution in [3.63, 3.8) is 0 Å². The molecule has 0 aromatic rings. The minimum absolute atomic E-state index is 0.0862. The van der Waals surface area contributed by atoms with Crippen molar-refractivity contribution in [2.75, 3.05) is 39.6 Å². The molecule has 0 aromatic carbocycles. The van der Waals surface area contributed by atoms with Crippen molar-refractivity contribution in [2.24, 2.45) is 0 Å². The van der Waals surface area contributed by atoms with E-state index in [-0.39, 0.29) is 25.7 Å². The predicted molar refractivity (Wildman–Crippen MR) is 455 cm³/mol. The molecule has 5 atom stereocenters. The lowest BCUT2D eigenvalue weighted by atomic mass is 10.0. The average molecular weight is 1600 g/mol. The van der Waals surface area contributed by atoms with Crippen LogP contribution in [0.4, 0.5) is 0 Å². The number of allylic oxidation sites excluding steroid dienone is 4. The van der Waals surface area contributed by atoms with Crippen LogP contribution in [0.2, 0.25) is 0 Å². The van der Waals surface area contributed by atoms with Gasteiger partial charge in [-0.2, -0.15) is 0 Å². The lowest BCUT2D eigenvalue weighted by Crippen LogP contribution is -2.30. The zero-order chi connectivity index (χ0) is 80.3. The van der Waals surface area contributed by atoms with Gasteiger partial charge in [0.1, 0.15) is 19.3 Å². The van der Waals surface area contributed by atoms with Crippen LogP contribution in [0.15, 0.2) is 24.3 Å². The van der Waals surface area contributed by atoms with Crippen LogP contribution in [0.25, 0.3) is 0 Å². The zero-order valence-electron chi connectivity index (χ0n) is 71.7. The highest BCUT2D eigenvalue weighted by Gasteiger charge is 2.30. The highest BCUT2D eigenvalue weighted by molar-refractivity contribution is 7.47. The molecule has 2 unspecified atom stereocenters. The van der Waals surface area contributed by atoms with Gasteiger partial charge in [0.15, 0.2) is 12.2 Å². The third-order valence-electron chi connectivity index (χ3n) is 21.0. The molecule has 0 amide bonds. The number of carbonyl (C=O) groups is 4. The molecule has 0 saturated heterocycles. The highest BCUT2D eigenvalue weighted by Crippen LogP contribution is 2.45. The number of rotatable bonds is 90. The number of esters is 4. The fraction of sp³-hybridized carbons (Fsp3) is 0.912. The van der Waals surface area contributed by atoms with Crippen LogP contribution in [0.3, 0.4) is 0 Å². The van der Waals surface area contributed by atoms with E-state index >= 15 is 0 Å². The Morgan fingerprint density at radius 3 is 0.664 bits per heavy atom. The minimum Gasteiger partial charge on any atom is -0.462 e. The molecule has 110 heavy (non-hydrogen) atoms. The van der Waals surface area contributed by atoms with Gasteiger partial charge in [0, 0.05) is 25.7 Å². The summed E-state index contributed by atoms with van der Waals surface area (Å²) >= 11 is 0. The Labute approximate surface area is 675 Å². The van der Waals surface area contributed by atoms with Crippen LogP contribution >= 0.6 is 15.6 Å². The summed E-state index contributed by atoms with van der Waals surface area (Å²) < 4.78 is 69.0. The molecule has 0 aromatic heterocycles. The van der Waals surface area contributed by atoms with E-state index in [1.807, 2.05) is 0 Å². The molecule has 0 saturated carbocycles. The summed E-state index contributed by atoms with van der Waals surface area (Å²) in [4.78, 5) is 73.4. The standard InChI is InChI=1S/C91H174O17P2/c1-5-9-13-17-21-25-29-33-36-38-40-42-44-46-49-52-56-60-64-68-72-76-89(94)102-82-87(108-91(96)78-74-70-66-62-58-54-50-47-45-43-41-39-37-34-30-26-22-18-14-10-6-2)84-106-110(99,100)104-80-85(92)79-103-109(97,98)105-83-86(81-101-88(93)75-71-67-63-59-55-51-32-28-24-20-16-12-8-4)107-90(95)77-73-69-65-61-57-53-48-35-31-27-23-19-15-11-7-3/h27,31,35,48,85-87,92H,5-26,28-30,32-34,36-47,49-84H2,1-4H3,(H,97,98)(H,99,100)/b31-27-,48-35-/t85-,86+,87+/m0/s1. The monoisotopic (exact) mass is 1600 g/mol. The van der Waals surface area contributed by atoms with Gasteiger partial charge in [0.05, 0.1) is 26.4 Å². The Kier molecular flexibility index (Phi) is 82.6. The van der Waals surface area contributed by atoms with Gasteiger partial charge >= 0.3 is 39.5 Å². The number of phosphoric acid groups is 2. The van der Waals surface area contributed by atoms with Crippen molar-refractivity contribution in [1.82, 2.24) is 0 Å². The van der Waals surface area contributed by atoms with E-state index in [0.29, 0.717) is 25.7 Å². The van der Waals surface area contributed by atoms with Crippen LogP contribution in [-0.2, 0) is 65.4 Å². The summed E-state index contributed by atoms with van der Waals surface area (Å²) in [5.74, 6) is -2.12. The quantitative estimate of drug-likeness (QED) is 0.0169. The number of ether oxygens (including phenoxy) is 4. The molecule has 0 bridgehead atoms. The first-order chi connectivity index (χ1) is 53.7. The zero-order valence-corrected chi connectivity index (χ0v) is 73.5. The van der Waals surface area contributed by atoms with Gasteiger partial charge in [-0.1, -0.05) is 424 Å². The van der Waals surface area contributed by atoms with Crippen molar-refractivity contribution in [2.45, 2.75) is 495 Å². The predicted octanol–water partition coefficient (Wildman–Crippen LogP) is 28.0. The van der Waals surface area contributed by atoms with Crippen LogP contribution in [0.1, 0.15) is 477 Å². The smallest absolute Gasteiger partial charge is 0.462 e. The lowest BCUT2D eigenvalue weighted by Gasteiger charge is -2.21. The fourth-order valence-corrected chi connectivity index (χ4v) is 15.4. The molecule has 650 valence electrons. The average Bonchev–Trinajstić information content (AvgIpc) is 0.903. The van der Waals surface area contributed by atoms with Gasteiger partial charge < -0.3 is 33.8 Å². The second-order valence-corrected chi connectivity index (χ2v) is 34.9. The topological polar surface area (TPSA) is 237 Å². The summed E-state index contributed by atoms with van der Waals surface area (Å²) in [6, 6.07) is 0. The van der Waals surface area contributed by atoms with Gasteiger partial charge in [-0.3, -0.25) is 37.3 Å². The molecule has 3 N–H and O–H groups in total. The van der Waals surface area contributed by atoms with Crippen molar-refractivity contribution in [3.8, 4) is 0 Å². The lowest BCUT2D eigenvalue weighted by molar-refractivity contribution is -0.161. The van der Waals surface area contributed by atoms with Crippen molar-refractivity contribution in [3.05, 3.63) is 24.3 Å². The molecule has 0 aliphatic rings. The van der Waals surface area contributed by atoms with E-state index in [1.54, 1.807) is 0 Å². The summed E-state index contributed by atoms with van der Waals surface area (Å²) in [6.45, 7) is 5.02. The molecule has 0 aliphatic carbocycles. The summed E-state index contributed by atoms with van der Waals surface area (Å²) in [7, 11) is -9.95. The third-order valence-corrected chi connectivity index (χ3v) is 22.9. The molecule has 17 nitrogen and oxygen atoms in total. The Morgan fingerprint density at radius 2 is 0.436 bits per heavy atom.